The molecule has 0 saturated heterocycles. The first-order valence-corrected chi connectivity index (χ1v) is 6.74. The van der Waals surface area contributed by atoms with E-state index in [4.69, 9.17) is 0 Å². The van der Waals surface area contributed by atoms with Crippen molar-refractivity contribution in [2.45, 2.75) is 0 Å². The molecule has 0 amide bonds. The van der Waals surface area contributed by atoms with Crippen molar-refractivity contribution in [3.05, 3.63) is 59.7 Å². The Bertz CT molecular complexity index is 552. The zero-order valence-corrected chi connectivity index (χ0v) is 10.8. The summed E-state index contributed by atoms with van der Waals surface area (Å²) in [5.74, 6) is -2.92. The summed E-state index contributed by atoms with van der Waals surface area (Å²) in [5.41, 5.74) is 0. The molecule has 100 valence electrons. The van der Waals surface area contributed by atoms with E-state index in [9.17, 15) is 17.6 Å². The molecule has 0 fully saturated rings. The third-order valence-corrected chi connectivity index (χ3v) is 4.66. The molecular weight excluding hydrogens is 277 g/mol. The van der Waals surface area contributed by atoms with Gasteiger partial charge in [0, 0.05) is 30.8 Å². The maximum atomic E-state index is 13.7. The predicted molar refractivity (Wildman–Crippen MR) is 68.0 cm³/mol. The van der Waals surface area contributed by atoms with Gasteiger partial charge in [-0.2, -0.15) is 0 Å². The molecule has 0 unspecified atom stereocenters. The molecule has 0 heterocycles. The summed E-state index contributed by atoms with van der Waals surface area (Å²) in [7, 11) is -0.00945. The summed E-state index contributed by atoms with van der Waals surface area (Å²) in [4.78, 5) is 0. The van der Waals surface area contributed by atoms with Crippen LogP contribution in [0.5, 0.6) is 0 Å². The van der Waals surface area contributed by atoms with Crippen LogP contribution in [0.25, 0.3) is 0 Å². The summed E-state index contributed by atoms with van der Waals surface area (Å²) in [6, 6.07) is 6.21. The van der Waals surface area contributed by atoms with Crippen molar-refractivity contribution < 1.29 is 17.6 Å². The van der Waals surface area contributed by atoms with Gasteiger partial charge in [-0.1, -0.05) is 0 Å². The van der Waals surface area contributed by atoms with Crippen molar-refractivity contribution in [3.8, 4) is 0 Å². The van der Waals surface area contributed by atoms with Crippen LogP contribution < -0.4 is 15.7 Å². The van der Waals surface area contributed by atoms with Gasteiger partial charge >= 0.3 is 0 Å². The van der Waals surface area contributed by atoms with Crippen LogP contribution in [0, 0.1) is 23.3 Å². The minimum absolute atomic E-state index is 0.157. The number of halogens is 4. The van der Waals surface area contributed by atoms with Crippen LogP contribution in [0.15, 0.2) is 36.4 Å². The monoisotopic (exact) mass is 287 g/mol. The molecule has 0 aliphatic carbocycles. The normalized spacial score (nSPS) is 11.1. The molecule has 1 N–H and O–H groups in total. The second-order valence-corrected chi connectivity index (χ2v) is 5.83. The van der Waals surface area contributed by atoms with Gasteiger partial charge < -0.3 is 0 Å². The van der Waals surface area contributed by atoms with Gasteiger partial charge in [0.25, 0.3) is 0 Å². The molecule has 0 aliphatic heterocycles. The number of benzene rings is 2. The molecular formula is C13H10F4NP. The second kappa shape index (κ2) is 5.68. The molecule has 2 aromatic rings. The Labute approximate surface area is 109 Å². The molecule has 0 aromatic heterocycles. The highest BCUT2D eigenvalue weighted by atomic mass is 31.1. The molecule has 0 saturated carbocycles. The molecule has 0 bridgehead atoms. The first kappa shape index (κ1) is 14.0. The Balaban J connectivity index is 2.50. The minimum atomic E-state index is -1.55. The van der Waals surface area contributed by atoms with E-state index < -0.39 is 31.3 Å². The fourth-order valence-corrected chi connectivity index (χ4v) is 3.44. The van der Waals surface area contributed by atoms with E-state index in [0.717, 1.165) is 24.3 Å². The summed E-state index contributed by atoms with van der Waals surface area (Å²) >= 11 is 0. The first-order chi connectivity index (χ1) is 9.02. The Morgan fingerprint density at radius 3 is 1.53 bits per heavy atom. The zero-order valence-electron chi connectivity index (χ0n) is 9.92. The Hall–Kier alpha value is -1.45. The van der Waals surface area contributed by atoms with Crippen LogP contribution in [0.1, 0.15) is 0 Å². The molecule has 1 nitrogen and oxygen atoms in total. The topological polar surface area (TPSA) is 12.0 Å². The number of hydrogen-bond acceptors (Lipinski definition) is 1. The van der Waals surface area contributed by atoms with Gasteiger partial charge in [-0.3, -0.25) is 5.09 Å². The summed E-state index contributed by atoms with van der Waals surface area (Å²) in [6.45, 7) is 0. The molecule has 19 heavy (non-hydrogen) atoms. The fourth-order valence-electron chi connectivity index (χ4n) is 1.70. The van der Waals surface area contributed by atoms with Crippen molar-refractivity contribution in [1.29, 1.82) is 0 Å². The average Bonchev–Trinajstić information content (AvgIpc) is 2.34. The van der Waals surface area contributed by atoms with E-state index in [1.807, 2.05) is 0 Å². The molecule has 0 aliphatic rings. The summed E-state index contributed by atoms with van der Waals surface area (Å²) in [6.07, 6.45) is 0. The van der Waals surface area contributed by atoms with Crippen LogP contribution in [0.3, 0.4) is 0 Å². The van der Waals surface area contributed by atoms with Crippen molar-refractivity contribution in [2.24, 2.45) is 0 Å². The third-order valence-electron chi connectivity index (χ3n) is 2.52. The zero-order chi connectivity index (χ0) is 14.0. The lowest BCUT2D eigenvalue weighted by atomic mass is 10.3. The van der Waals surface area contributed by atoms with Gasteiger partial charge in [0.2, 0.25) is 0 Å². The molecule has 0 atom stereocenters. The SMILES string of the molecule is CNP(c1ccc(F)cc1F)c1ccc(F)cc1F. The van der Waals surface area contributed by atoms with Crippen LogP contribution >= 0.6 is 8.07 Å². The molecule has 6 heteroatoms. The smallest absolute Gasteiger partial charge is 0.135 e. The Morgan fingerprint density at radius 2 is 1.21 bits per heavy atom. The van der Waals surface area contributed by atoms with Gasteiger partial charge in [-0.25, -0.2) is 17.6 Å². The minimum Gasteiger partial charge on any atom is -0.291 e. The predicted octanol–water partition coefficient (Wildman–Crippen LogP) is 2.81. The highest BCUT2D eigenvalue weighted by molar-refractivity contribution is 7.71. The Morgan fingerprint density at radius 1 is 0.789 bits per heavy atom. The summed E-state index contributed by atoms with van der Waals surface area (Å²) < 4.78 is 53.2. The molecule has 2 aromatic carbocycles. The van der Waals surface area contributed by atoms with E-state index in [0.29, 0.717) is 0 Å². The standard InChI is InChI=1S/C13H10F4NP/c1-18-19(12-4-2-8(14)6-10(12)16)13-5-3-9(15)7-11(13)17/h2-7,18H,1H3. The van der Waals surface area contributed by atoms with Crippen LogP contribution in [-0.2, 0) is 0 Å². The largest absolute Gasteiger partial charge is 0.291 e. The van der Waals surface area contributed by atoms with Gasteiger partial charge in [0.05, 0.1) is 0 Å². The van der Waals surface area contributed by atoms with Crippen molar-refractivity contribution in [2.75, 3.05) is 7.05 Å². The van der Waals surface area contributed by atoms with Gasteiger partial charge in [0.15, 0.2) is 0 Å². The summed E-state index contributed by atoms with van der Waals surface area (Å²) in [5, 5.41) is 3.11. The highest BCUT2D eigenvalue weighted by Crippen LogP contribution is 2.30. The molecule has 2 rings (SSSR count). The first-order valence-electron chi connectivity index (χ1n) is 5.40. The van der Waals surface area contributed by atoms with Crippen LogP contribution in [-0.4, -0.2) is 7.05 Å². The van der Waals surface area contributed by atoms with Crippen molar-refractivity contribution in [1.82, 2.24) is 5.09 Å². The maximum absolute atomic E-state index is 13.7. The third kappa shape index (κ3) is 2.94. The van der Waals surface area contributed by atoms with Crippen molar-refractivity contribution in [3.63, 3.8) is 0 Å². The average molecular weight is 287 g/mol. The fraction of sp³-hybridized carbons (Fsp3) is 0.0769. The highest BCUT2D eigenvalue weighted by Gasteiger charge is 2.20. The lowest BCUT2D eigenvalue weighted by molar-refractivity contribution is 0.588. The van der Waals surface area contributed by atoms with E-state index >= 15 is 0 Å². The lowest BCUT2D eigenvalue weighted by Crippen LogP contribution is -2.25. The van der Waals surface area contributed by atoms with Gasteiger partial charge in [0.1, 0.15) is 23.3 Å². The van der Waals surface area contributed by atoms with Crippen LogP contribution in [0.2, 0.25) is 0 Å². The van der Waals surface area contributed by atoms with Crippen LogP contribution in [0.4, 0.5) is 17.6 Å². The van der Waals surface area contributed by atoms with E-state index in [-0.39, 0.29) is 10.6 Å². The van der Waals surface area contributed by atoms with E-state index in [1.54, 1.807) is 0 Å². The van der Waals surface area contributed by atoms with Crippen molar-refractivity contribution >= 4 is 18.7 Å². The van der Waals surface area contributed by atoms with Gasteiger partial charge in [-0.15, -0.1) is 0 Å². The Kier molecular flexibility index (Phi) is 4.17. The molecule has 0 spiro atoms. The van der Waals surface area contributed by atoms with E-state index in [2.05, 4.69) is 5.09 Å². The number of rotatable bonds is 3. The number of nitrogens with one attached hydrogen (secondary N) is 1. The molecule has 0 radical (unpaired) electrons. The van der Waals surface area contributed by atoms with E-state index in [1.165, 1.54) is 19.2 Å². The number of hydrogen-bond donors (Lipinski definition) is 1. The quantitative estimate of drug-likeness (QED) is 0.676. The second-order valence-electron chi connectivity index (χ2n) is 3.75. The maximum Gasteiger partial charge on any atom is 0.135 e. The van der Waals surface area contributed by atoms with Gasteiger partial charge in [-0.05, 0) is 31.3 Å². The lowest BCUT2D eigenvalue weighted by Gasteiger charge is -2.18.